The van der Waals surface area contributed by atoms with E-state index in [1.807, 2.05) is 18.2 Å². The van der Waals surface area contributed by atoms with Crippen LogP contribution in [0.25, 0.3) is 10.9 Å². The Morgan fingerprint density at radius 1 is 1.11 bits per heavy atom. The van der Waals surface area contributed by atoms with Crippen LogP contribution in [0.15, 0.2) is 48.5 Å². The quantitative estimate of drug-likeness (QED) is 0.661. The van der Waals surface area contributed by atoms with Gasteiger partial charge in [-0.2, -0.15) is 4.31 Å². The summed E-state index contributed by atoms with van der Waals surface area (Å²) in [5.74, 6) is 0.660. The molecule has 4 nitrogen and oxygen atoms in total. The Balaban J connectivity index is 1.50. The van der Waals surface area contributed by atoms with E-state index in [4.69, 9.17) is 0 Å². The third-order valence-electron chi connectivity index (χ3n) is 5.73. The van der Waals surface area contributed by atoms with Crippen LogP contribution in [0.2, 0.25) is 0 Å². The third-order valence-corrected chi connectivity index (χ3v) is 7.64. The molecule has 3 aromatic rings. The van der Waals surface area contributed by atoms with Crippen molar-refractivity contribution in [3.63, 3.8) is 0 Å². The molecule has 28 heavy (non-hydrogen) atoms. The van der Waals surface area contributed by atoms with Crippen LogP contribution < -0.4 is 0 Å². The Kier molecular flexibility index (Phi) is 5.30. The van der Waals surface area contributed by atoms with E-state index in [1.54, 1.807) is 4.31 Å². The SMILES string of the molecule is CC(C)c1ccc2[nH]c3c(c2c1)CN(S(=O)(=O)CCCc1ccccc1)CC3. The van der Waals surface area contributed by atoms with Crippen LogP contribution in [0.4, 0.5) is 0 Å². The molecule has 0 saturated heterocycles. The third kappa shape index (κ3) is 3.87. The molecule has 1 aliphatic heterocycles. The van der Waals surface area contributed by atoms with Crippen LogP contribution in [0, 0.1) is 0 Å². The predicted molar refractivity (Wildman–Crippen MR) is 115 cm³/mol. The second-order valence-corrected chi connectivity index (χ2v) is 10.1. The van der Waals surface area contributed by atoms with Gasteiger partial charge in [0.05, 0.1) is 5.75 Å². The van der Waals surface area contributed by atoms with Gasteiger partial charge in [-0.15, -0.1) is 0 Å². The minimum atomic E-state index is -3.25. The van der Waals surface area contributed by atoms with E-state index >= 15 is 0 Å². The summed E-state index contributed by atoms with van der Waals surface area (Å²) in [4.78, 5) is 3.50. The van der Waals surface area contributed by atoms with Crippen molar-refractivity contribution in [2.24, 2.45) is 0 Å². The molecule has 1 aliphatic rings. The monoisotopic (exact) mass is 396 g/mol. The van der Waals surface area contributed by atoms with E-state index in [0.29, 0.717) is 25.4 Å². The molecular weight excluding hydrogens is 368 g/mol. The van der Waals surface area contributed by atoms with Crippen molar-refractivity contribution >= 4 is 20.9 Å². The number of aryl methyl sites for hydroxylation is 1. The molecule has 0 saturated carbocycles. The van der Waals surface area contributed by atoms with Crippen LogP contribution in [0.5, 0.6) is 0 Å². The zero-order valence-electron chi connectivity index (χ0n) is 16.6. The summed E-state index contributed by atoms with van der Waals surface area (Å²) in [5.41, 5.74) is 5.92. The molecule has 0 amide bonds. The molecule has 1 N–H and O–H groups in total. The van der Waals surface area contributed by atoms with E-state index in [-0.39, 0.29) is 5.75 Å². The zero-order chi connectivity index (χ0) is 19.7. The fraction of sp³-hybridized carbons (Fsp3) is 0.391. The Hall–Kier alpha value is -2.11. The molecule has 0 radical (unpaired) electrons. The lowest BCUT2D eigenvalue weighted by molar-refractivity contribution is 0.390. The molecule has 148 valence electrons. The molecule has 1 aromatic heterocycles. The van der Waals surface area contributed by atoms with Crippen LogP contribution >= 0.6 is 0 Å². The number of benzene rings is 2. The van der Waals surface area contributed by atoms with Crippen molar-refractivity contribution in [2.45, 2.75) is 45.6 Å². The van der Waals surface area contributed by atoms with Gasteiger partial charge in [0.25, 0.3) is 0 Å². The van der Waals surface area contributed by atoms with E-state index in [2.05, 4.69) is 49.2 Å². The number of sulfonamides is 1. The number of fused-ring (bicyclic) bond motifs is 3. The van der Waals surface area contributed by atoms with E-state index in [1.165, 1.54) is 22.2 Å². The standard InChI is InChI=1S/C23H28N2O2S/c1-17(2)19-10-11-22-20(15-19)21-16-25(13-12-23(21)24-22)28(26,27)14-6-9-18-7-4-3-5-8-18/h3-5,7-8,10-11,15,17,24H,6,9,12-14,16H2,1-2H3. The molecule has 0 aliphatic carbocycles. The first-order valence-electron chi connectivity index (χ1n) is 10.1. The van der Waals surface area contributed by atoms with Gasteiger partial charge in [0.1, 0.15) is 0 Å². The van der Waals surface area contributed by atoms with Crippen molar-refractivity contribution in [3.8, 4) is 0 Å². The topological polar surface area (TPSA) is 53.2 Å². The molecular formula is C23H28N2O2S. The number of hydrogen-bond donors (Lipinski definition) is 1. The molecule has 0 spiro atoms. The highest BCUT2D eigenvalue weighted by Gasteiger charge is 2.28. The van der Waals surface area contributed by atoms with Crippen LogP contribution in [0.3, 0.4) is 0 Å². The van der Waals surface area contributed by atoms with E-state index in [0.717, 1.165) is 23.9 Å². The highest BCUT2D eigenvalue weighted by Crippen LogP contribution is 2.31. The largest absolute Gasteiger partial charge is 0.358 e. The normalized spacial score (nSPS) is 15.2. The Morgan fingerprint density at radius 3 is 2.64 bits per heavy atom. The van der Waals surface area contributed by atoms with Gasteiger partial charge < -0.3 is 4.98 Å². The lowest BCUT2D eigenvalue weighted by Crippen LogP contribution is -2.37. The Bertz CT molecular complexity index is 1070. The first-order valence-corrected chi connectivity index (χ1v) is 11.7. The molecule has 0 atom stereocenters. The van der Waals surface area contributed by atoms with Gasteiger partial charge in [-0.25, -0.2) is 8.42 Å². The van der Waals surface area contributed by atoms with Gasteiger partial charge >= 0.3 is 0 Å². The number of aromatic nitrogens is 1. The van der Waals surface area contributed by atoms with Crippen LogP contribution in [-0.2, 0) is 29.4 Å². The number of rotatable bonds is 6. The molecule has 5 heteroatoms. The highest BCUT2D eigenvalue weighted by atomic mass is 32.2. The fourth-order valence-electron chi connectivity index (χ4n) is 4.04. The number of nitrogens with one attached hydrogen (secondary N) is 1. The maximum atomic E-state index is 12.9. The molecule has 2 aromatic carbocycles. The summed E-state index contributed by atoms with van der Waals surface area (Å²) in [7, 11) is -3.25. The second kappa shape index (κ2) is 7.72. The Morgan fingerprint density at radius 2 is 1.89 bits per heavy atom. The molecule has 4 rings (SSSR count). The number of hydrogen-bond acceptors (Lipinski definition) is 2. The Labute approximate surface area is 167 Å². The summed E-state index contributed by atoms with van der Waals surface area (Å²) >= 11 is 0. The molecule has 0 bridgehead atoms. The second-order valence-electron chi connectivity index (χ2n) is 8.03. The zero-order valence-corrected chi connectivity index (χ0v) is 17.4. The minimum absolute atomic E-state index is 0.205. The predicted octanol–water partition coefficient (Wildman–Crippen LogP) is 4.61. The van der Waals surface area contributed by atoms with Gasteiger partial charge in [0, 0.05) is 36.1 Å². The van der Waals surface area contributed by atoms with Crippen LogP contribution in [-0.4, -0.2) is 30.0 Å². The summed E-state index contributed by atoms with van der Waals surface area (Å²) in [5, 5.41) is 1.17. The first kappa shape index (κ1) is 19.2. The first-order chi connectivity index (χ1) is 13.4. The number of nitrogens with zero attached hydrogens (tertiary/aromatic N) is 1. The number of H-pyrrole nitrogens is 1. The number of aromatic amines is 1. The van der Waals surface area contributed by atoms with Crippen molar-refractivity contribution in [1.29, 1.82) is 0 Å². The van der Waals surface area contributed by atoms with Crippen molar-refractivity contribution < 1.29 is 8.42 Å². The molecule has 2 heterocycles. The van der Waals surface area contributed by atoms with E-state index < -0.39 is 10.0 Å². The van der Waals surface area contributed by atoms with Crippen LogP contribution in [0.1, 0.15) is 48.6 Å². The highest BCUT2D eigenvalue weighted by molar-refractivity contribution is 7.89. The van der Waals surface area contributed by atoms with Gasteiger partial charge in [0.2, 0.25) is 10.0 Å². The maximum absolute atomic E-state index is 12.9. The molecule has 0 fully saturated rings. The van der Waals surface area contributed by atoms with Crippen molar-refractivity contribution in [1.82, 2.24) is 9.29 Å². The smallest absolute Gasteiger partial charge is 0.214 e. The molecule has 0 unspecified atom stereocenters. The summed E-state index contributed by atoms with van der Waals surface area (Å²) in [6.45, 7) is 5.41. The lowest BCUT2D eigenvalue weighted by atomic mass is 9.99. The minimum Gasteiger partial charge on any atom is -0.358 e. The average Bonchev–Trinajstić information content (AvgIpc) is 3.05. The van der Waals surface area contributed by atoms with Crippen molar-refractivity contribution in [2.75, 3.05) is 12.3 Å². The van der Waals surface area contributed by atoms with Crippen molar-refractivity contribution in [3.05, 3.63) is 70.9 Å². The van der Waals surface area contributed by atoms with Gasteiger partial charge in [0.15, 0.2) is 0 Å². The lowest BCUT2D eigenvalue weighted by Gasteiger charge is -2.26. The van der Waals surface area contributed by atoms with Gasteiger partial charge in [-0.1, -0.05) is 50.2 Å². The average molecular weight is 397 g/mol. The summed E-state index contributed by atoms with van der Waals surface area (Å²) < 4.78 is 27.5. The fourth-order valence-corrected chi connectivity index (χ4v) is 5.50. The maximum Gasteiger partial charge on any atom is 0.214 e. The van der Waals surface area contributed by atoms with Gasteiger partial charge in [-0.05, 0) is 47.6 Å². The van der Waals surface area contributed by atoms with E-state index in [9.17, 15) is 8.42 Å². The van der Waals surface area contributed by atoms with Gasteiger partial charge in [-0.3, -0.25) is 0 Å². The summed E-state index contributed by atoms with van der Waals surface area (Å²) in [6.07, 6.45) is 2.20. The summed E-state index contributed by atoms with van der Waals surface area (Å²) in [6, 6.07) is 16.6.